The first-order chi connectivity index (χ1) is 14.9. The molecule has 2 fully saturated rings. The van der Waals surface area contributed by atoms with E-state index >= 15 is 0 Å². The molecule has 0 aromatic rings. The molecule has 0 aromatic carbocycles. The van der Waals surface area contributed by atoms with Crippen LogP contribution in [0, 0.1) is 17.8 Å². The lowest BCUT2D eigenvalue weighted by atomic mass is 9.79. The molecule has 1 N–H and O–H groups in total. The molecule has 4 nitrogen and oxygen atoms in total. The topological polar surface area (TPSA) is 63.6 Å². The number of rotatable bonds is 14. The van der Waals surface area contributed by atoms with Crippen molar-refractivity contribution in [1.82, 2.24) is 0 Å². The lowest BCUT2D eigenvalue weighted by Crippen LogP contribution is -2.40. The smallest absolute Gasteiger partial charge is 0.309 e. The van der Waals surface area contributed by atoms with Crippen LogP contribution in [0.4, 0.5) is 0 Å². The largest absolute Gasteiger partial charge is 0.481 e. The molecule has 31 heavy (non-hydrogen) atoms. The van der Waals surface area contributed by atoms with Crippen LogP contribution in [0.25, 0.3) is 0 Å². The standard InChI is InChI=1S/C27H48O4/c1-22(2)15-10-7-5-3-4-6-8-11-18-27(19-12-9-13-20-27)31-26(30)24-17-14-16-23(21-24)25(28)29/h22-24H,3-21H2,1-2H3,(H,28,29). The Balaban J connectivity index is 1.68. The van der Waals surface area contributed by atoms with Crippen molar-refractivity contribution in [2.24, 2.45) is 17.8 Å². The van der Waals surface area contributed by atoms with Gasteiger partial charge >= 0.3 is 11.9 Å². The molecule has 2 aliphatic rings. The lowest BCUT2D eigenvalue weighted by molar-refractivity contribution is -0.172. The van der Waals surface area contributed by atoms with E-state index in [1.54, 1.807) is 0 Å². The van der Waals surface area contributed by atoms with E-state index in [1.807, 2.05) is 0 Å². The number of aliphatic carboxylic acids is 1. The number of carbonyl (C=O) groups excluding carboxylic acids is 1. The van der Waals surface area contributed by atoms with Gasteiger partial charge in [-0.1, -0.05) is 78.1 Å². The first-order valence-corrected chi connectivity index (χ1v) is 13.4. The van der Waals surface area contributed by atoms with Crippen LogP contribution in [0.5, 0.6) is 0 Å². The van der Waals surface area contributed by atoms with E-state index in [0.717, 1.165) is 57.3 Å². The van der Waals surface area contributed by atoms with Crippen LogP contribution in [0.1, 0.15) is 136 Å². The number of carboxylic acid groups (broad SMARTS) is 1. The molecular weight excluding hydrogens is 388 g/mol. The second-order valence-electron chi connectivity index (χ2n) is 10.8. The Kier molecular flexibility index (Phi) is 12.0. The molecular formula is C27H48O4. The first-order valence-electron chi connectivity index (χ1n) is 13.4. The highest BCUT2D eigenvalue weighted by Gasteiger charge is 2.39. The van der Waals surface area contributed by atoms with E-state index in [0.29, 0.717) is 12.8 Å². The summed E-state index contributed by atoms with van der Waals surface area (Å²) in [7, 11) is 0. The third-order valence-corrected chi connectivity index (χ3v) is 7.60. The minimum atomic E-state index is -0.759. The second-order valence-corrected chi connectivity index (χ2v) is 10.8. The van der Waals surface area contributed by atoms with Crippen LogP contribution < -0.4 is 0 Å². The Morgan fingerprint density at radius 1 is 0.839 bits per heavy atom. The van der Waals surface area contributed by atoms with E-state index in [4.69, 9.17) is 4.74 Å². The number of esters is 1. The molecule has 0 bridgehead atoms. The highest BCUT2D eigenvalue weighted by atomic mass is 16.6. The highest BCUT2D eigenvalue weighted by Crippen LogP contribution is 2.39. The van der Waals surface area contributed by atoms with Gasteiger partial charge in [-0.3, -0.25) is 9.59 Å². The number of carboxylic acids is 1. The monoisotopic (exact) mass is 436 g/mol. The molecule has 2 unspecified atom stereocenters. The van der Waals surface area contributed by atoms with Gasteiger partial charge in [-0.05, 0) is 63.7 Å². The summed E-state index contributed by atoms with van der Waals surface area (Å²) in [5, 5.41) is 9.33. The summed E-state index contributed by atoms with van der Waals surface area (Å²) < 4.78 is 6.21. The molecule has 0 radical (unpaired) electrons. The number of hydrogen-bond acceptors (Lipinski definition) is 3. The zero-order valence-electron chi connectivity index (χ0n) is 20.3. The van der Waals surface area contributed by atoms with Crippen LogP contribution >= 0.6 is 0 Å². The van der Waals surface area contributed by atoms with Crippen molar-refractivity contribution in [2.45, 2.75) is 141 Å². The number of ether oxygens (including phenoxy) is 1. The maximum atomic E-state index is 12.9. The zero-order chi connectivity index (χ0) is 22.5. The summed E-state index contributed by atoms with van der Waals surface area (Å²) in [6.07, 6.45) is 21.1. The van der Waals surface area contributed by atoms with Gasteiger partial charge in [-0.2, -0.15) is 0 Å². The van der Waals surface area contributed by atoms with Gasteiger partial charge in [0.25, 0.3) is 0 Å². The summed E-state index contributed by atoms with van der Waals surface area (Å²) >= 11 is 0. The van der Waals surface area contributed by atoms with E-state index in [2.05, 4.69) is 13.8 Å². The quantitative estimate of drug-likeness (QED) is 0.224. The summed E-state index contributed by atoms with van der Waals surface area (Å²) in [6, 6.07) is 0. The Morgan fingerprint density at radius 2 is 1.42 bits per heavy atom. The molecule has 2 saturated carbocycles. The third kappa shape index (κ3) is 9.95. The summed E-state index contributed by atoms with van der Waals surface area (Å²) in [5.41, 5.74) is -0.275. The first kappa shape index (κ1) is 26.2. The van der Waals surface area contributed by atoms with Crippen LogP contribution in [-0.2, 0) is 14.3 Å². The summed E-state index contributed by atoms with van der Waals surface area (Å²) in [6.45, 7) is 4.61. The normalized spacial score (nSPS) is 23.6. The van der Waals surface area contributed by atoms with Crippen LogP contribution in [0.15, 0.2) is 0 Å². The average molecular weight is 437 g/mol. The van der Waals surface area contributed by atoms with Crippen LogP contribution in [-0.4, -0.2) is 22.6 Å². The van der Waals surface area contributed by atoms with E-state index in [1.165, 1.54) is 57.8 Å². The fraction of sp³-hybridized carbons (Fsp3) is 0.926. The predicted octanol–water partition coefficient (Wildman–Crippen LogP) is 7.68. The fourth-order valence-corrected chi connectivity index (χ4v) is 5.58. The minimum absolute atomic E-state index is 0.116. The van der Waals surface area contributed by atoms with Gasteiger partial charge in [-0.15, -0.1) is 0 Å². The molecule has 2 rings (SSSR count). The SMILES string of the molecule is CC(C)CCCCCCCCCCC1(OC(=O)C2CCCC(C(=O)O)C2)CCCCC1. The van der Waals surface area contributed by atoms with Gasteiger partial charge in [0.2, 0.25) is 0 Å². The van der Waals surface area contributed by atoms with E-state index < -0.39 is 5.97 Å². The molecule has 2 atom stereocenters. The van der Waals surface area contributed by atoms with Crippen molar-refractivity contribution in [3.05, 3.63) is 0 Å². The lowest BCUT2D eigenvalue weighted by Gasteiger charge is -2.39. The van der Waals surface area contributed by atoms with Gasteiger partial charge in [0, 0.05) is 0 Å². The van der Waals surface area contributed by atoms with Gasteiger partial charge in [0.15, 0.2) is 0 Å². The Labute approximate surface area is 190 Å². The summed E-state index contributed by atoms with van der Waals surface area (Å²) in [4.78, 5) is 24.3. The number of unbranched alkanes of at least 4 members (excludes halogenated alkanes) is 7. The van der Waals surface area contributed by atoms with Crippen molar-refractivity contribution in [3.8, 4) is 0 Å². The Morgan fingerprint density at radius 3 is 2.03 bits per heavy atom. The van der Waals surface area contributed by atoms with Gasteiger partial charge in [0.05, 0.1) is 11.8 Å². The van der Waals surface area contributed by atoms with Crippen molar-refractivity contribution in [2.75, 3.05) is 0 Å². The molecule has 0 aliphatic heterocycles. The average Bonchev–Trinajstić information content (AvgIpc) is 2.75. The Bertz CT molecular complexity index is 521. The molecule has 4 heteroatoms. The second kappa shape index (κ2) is 14.2. The summed E-state index contributed by atoms with van der Waals surface area (Å²) in [5.74, 6) is -0.639. The van der Waals surface area contributed by atoms with Crippen LogP contribution in [0.3, 0.4) is 0 Å². The van der Waals surface area contributed by atoms with Gasteiger partial charge in [-0.25, -0.2) is 0 Å². The van der Waals surface area contributed by atoms with Crippen molar-refractivity contribution < 1.29 is 19.4 Å². The molecule has 0 saturated heterocycles. The zero-order valence-corrected chi connectivity index (χ0v) is 20.3. The van der Waals surface area contributed by atoms with Crippen molar-refractivity contribution in [1.29, 1.82) is 0 Å². The van der Waals surface area contributed by atoms with Crippen LogP contribution in [0.2, 0.25) is 0 Å². The highest BCUT2D eigenvalue weighted by molar-refractivity contribution is 5.76. The maximum absolute atomic E-state index is 12.9. The molecule has 0 spiro atoms. The molecule has 0 amide bonds. The van der Waals surface area contributed by atoms with E-state index in [-0.39, 0.29) is 23.4 Å². The molecule has 0 heterocycles. The molecule has 0 aromatic heterocycles. The van der Waals surface area contributed by atoms with Crippen molar-refractivity contribution >= 4 is 11.9 Å². The number of hydrogen-bond donors (Lipinski definition) is 1. The minimum Gasteiger partial charge on any atom is -0.481 e. The molecule has 2 aliphatic carbocycles. The third-order valence-electron chi connectivity index (χ3n) is 7.60. The predicted molar refractivity (Wildman–Crippen MR) is 126 cm³/mol. The van der Waals surface area contributed by atoms with E-state index in [9.17, 15) is 14.7 Å². The fourth-order valence-electron chi connectivity index (χ4n) is 5.58. The van der Waals surface area contributed by atoms with Crippen molar-refractivity contribution in [3.63, 3.8) is 0 Å². The molecule has 180 valence electrons. The maximum Gasteiger partial charge on any atom is 0.309 e. The number of carbonyl (C=O) groups is 2. The van der Waals surface area contributed by atoms with Gasteiger partial charge in [0.1, 0.15) is 5.60 Å². The Hall–Kier alpha value is -1.06. The van der Waals surface area contributed by atoms with Gasteiger partial charge < -0.3 is 9.84 Å².